The van der Waals surface area contributed by atoms with Crippen LogP contribution in [0.25, 0.3) is 0 Å². The first-order chi connectivity index (χ1) is 11.5. The summed E-state index contributed by atoms with van der Waals surface area (Å²) in [5.74, 6) is 0. The van der Waals surface area contributed by atoms with Crippen molar-refractivity contribution in [1.29, 1.82) is 0 Å². The summed E-state index contributed by atoms with van der Waals surface area (Å²) in [6.45, 7) is 0. The molecule has 0 aliphatic rings. The third-order valence-corrected chi connectivity index (χ3v) is 2.40. The van der Waals surface area contributed by atoms with Gasteiger partial charge < -0.3 is 4.74 Å². The van der Waals surface area contributed by atoms with E-state index >= 15 is 0 Å². The summed E-state index contributed by atoms with van der Waals surface area (Å²) in [6.07, 6.45) is -42.0. The lowest BCUT2D eigenvalue weighted by molar-refractivity contribution is -0.556. The fourth-order valence-electron chi connectivity index (χ4n) is 0.769. The number of hydrogen-bond acceptors (Lipinski definition) is 3. The summed E-state index contributed by atoms with van der Waals surface area (Å²) in [5.41, 5.74) is 0. The van der Waals surface area contributed by atoms with Gasteiger partial charge in [-0.05, 0) is 23.2 Å². The van der Waals surface area contributed by atoms with E-state index in [1.54, 1.807) is 4.74 Å². The Kier molecular flexibility index (Phi) is 7.21. The van der Waals surface area contributed by atoms with Crippen molar-refractivity contribution < 1.29 is 75.7 Å². The minimum absolute atomic E-state index is 1.43. The zero-order valence-electron chi connectivity index (χ0n) is 11.3. The highest BCUT2D eigenvalue weighted by Gasteiger charge is 2.76. The van der Waals surface area contributed by atoms with Crippen LogP contribution in [0, 0.1) is 0 Å². The maximum atomic E-state index is 12.9. The molecule has 162 valence electrons. The second-order valence-electron chi connectivity index (χ2n) is 3.92. The molecule has 0 atom stereocenters. The molecule has 0 amide bonds. The average Bonchev–Trinajstić information content (AvgIpc) is 2.33. The molecule has 0 saturated heterocycles. The highest BCUT2D eigenvalue weighted by Crippen LogP contribution is 2.50. The minimum atomic E-state index is -7.25. The molecule has 0 unspecified atom stereocenters. The van der Waals surface area contributed by atoms with E-state index in [4.69, 9.17) is 0 Å². The lowest BCUT2D eigenvalue weighted by Crippen LogP contribution is -2.57. The summed E-state index contributed by atoms with van der Waals surface area (Å²) in [4.78, 5) is 0. The van der Waals surface area contributed by atoms with Crippen LogP contribution in [0.3, 0.4) is 0 Å². The summed E-state index contributed by atoms with van der Waals surface area (Å²) < 4.78 is 180. The molecule has 0 spiro atoms. The average molecular weight is 481 g/mol. The number of alkyl halides is 13. The van der Waals surface area contributed by atoms with Crippen molar-refractivity contribution in [3.63, 3.8) is 0 Å². The van der Waals surface area contributed by atoms with Crippen molar-refractivity contribution in [2.75, 3.05) is 0 Å². The lowest BCUT2D eigenvalue weighted by Gasteiger charge is -2.33. The lowest BCUT2D eigenvalue weighted by atomic mass is 10.5. The van der Waals surface area contributed by atoms with Crippen molar-refractivity contribution in [3.05, 3.63) is 10.5 Å². The zero-order valence-corrected chi connectivity index (χ0v) is 12.8. The Bertz CT molecular complexity index is 567. The maximum absolute atomic E-state index is 12.9. The topological polar surface area (TPSA) is 27.7 Å². The molecule has 0 aromatic carbocycles. The van der Waals surface area contributed by atoms with Gasteiger partial charge in [0.15, 0.2) is 0 Å². The van der Waals surface area contributed by atoms with Gasteiger partial charge in [0.25, 0.3) is 0 Å². The van der Waals surface area contributed by atoms with Crippen molar-refractivity contribution in [1.82, 2.24) is 0 Å². The molecule has 3 nitrogen and oxygen atoms in total. The molecule has 27 heavy (non-hydrogen) atoms. The molecule has 0 saturated carbocycles. The summed E-state index contributed by atoms with van der Waals surface area (Å²) >= 11 is 8.67. The third kappa shape index (κ3) is 6.02. The van der Waals surface area contributed by atoms with E-state index in [0.717, 1.165) is 0 Å². The van der Waals surface area contributed by atoms with Gasteiger partial charge in [0.2, 0.25) is 10.5 Å². The van der Waals surface area contributed by atoms with Gasteiger partial charge in [0, 0.05) is 0 Å². The summed E-state index contributed by atoms with van der Waals surface area (Å²) in [6, 6.07) is 0. The Morgan fingerprint density at radius 2 is 0.815 bits per heavy atom. The van der Waals surface area contributed by atoms with Crippen LogP contribution in [0.1, 0.15) is 0 Å². The van der Waals surface area contributed by atoms with Crippen LogP contribution >= 0.6 is 23.2 Å². The standard InChI is InChI=1S/C8Cl2F14O3/c9-1(11)2(10)25-5(17,18)6(19,20)27-8(23,24)7(21,22)26-4(15,16)3(12,13)14. The number of ether oxygens (including phenoxy) is 3. The maximum Gasteiger partial charge on any atom is 0.495 e. The van der Waals surface area contributed by atoms with Gasteiger partial charge >= 0.3 is 36.7 Å². The SMILES string of the molecule is FC(Cl)=C(Cl)OC(F)(F)C(F)(F)OC(F)(F)C(F)(F)OC(F)(F)C(F)(F)F. The third-order valence-electron chi connectivity index (χ3n) is 1.89. The van der Waals surface area contributed by atoms with Crippen LogP contribution in [0.2, 0.25) is 0 Å². The van der Waals surface area contributed by atoms with E-state index in [1.165, 1.54) is 4.74 Å². The predicted molar refractivity (Wildman–Crippen MR) is 53.9 cm³/mol. The fraction of sp³-hybridized carbons (Fsp3) is 0.750. The van der Waals surface area contributed by atoms with Gasteiger partial charge in [-0.15, -0.1) is 0 Å². The Balaban J connectivity index is 5.68. The second kappa shape index (κ2) is 7.47. The van der Waals surface area contributed by atoms with Crippen LogP contribution in [0.4, 0.5) is 61.5 Å². The molecule has 0 aliphatic carbocycles. The van der Waals surface area contributed by atoms with Crippen LogP contribution in [-0.2, 0) is 14.2 Å². The molecule has 0 heterocycles. The molecule has 0 aliphatic heterocycles. The monoisotopic (exact) mass is 480 g/mol. The quantitative estimate of drug-likeness (QED) is 0.308. The Morgan fingerprint density at radius 3 is 1.11 bits per heavy atom. The van der Waals surface area contributed by atoms with E-state index in [9.17, 15) is 61.5 Å². The van der Waals surface area contributed by atoms with Crippen molar-refractivity contribution in [3.8, 4) is 0 Å². The van der Waals surface area contributed by atoms with Gasteiger partial charge in [-0.3, -0.25) is 0 Å². The van der Waals surface area contributed by atoms with Gasteiger partial charge in [-0.1, -0.05) is 0 Å². The van der Waals surface area contributed by atoms with Crippen LogP contribution in [-0.4, -0.2) is 36.7 Å². The first kappa shape index (κ1) is 26.1. The van der Waals surface area contributed by atoms with Crippen molar-refractivity contribution in [2.24, 2.45) is 0 Å². The van der Waals surface area contributed by atoms with Crippen molar-refractivity contribution in [2.45, 2.75) is 36.7 Å². The van der Waals surface area contributed by atoms with Gasteiger partial charge in [0.1, 0.15) is 0 Å². The Morgan fingerprint density at radius 1 is 0.519 bits per heavy atom. The number of hydrogen-bond donors (Lipinski definition) is 0. The smallest absolute Gasteiger partial charge is 0.410 e. The van der Waals surface area contributed by atoms with E-state index < -0.39 is 47.2 Å². The molecule has 0 rings (SSSR count). The fourth-order valence-corrected chi connectivity index (χ4v) is 0.904. The summed E-state index contributed by atoms with van der Waals surface area (Å²) in [5, 5.41) is -4.88. The molecule has 0 radical (unpaired) electrons. The first-order valence-electron chi connectivity index (χ1n) is 5.25. The predicted octanol–water partition coefficient (Wildman–Crippen LogP) is 6.14. The highest BCUT2D eigenvalue weighted by molar-refractivity contribution is 6.37. The van der Waals surface area contributed by atoms with Gasteiger partial charge in [0.05, 0.1) is 0 Å². The first-order valence-corrected chi connectivity index (χ1v) is 6.00. The zero-order chi connectivity index (χ0) is 22.3. The number of rotatable bonds is 8. The molecule has 0 fully saturated rings. The highest BCUT2D eigenvalue weighted by atomic mass is 35.5. The molecular formula is C8Cl2F14O3. The van der Waals surface area contributed by atoms with Crippen LogP contribution in [0.5, 0.6) is 0 Å². The van der Waals surface area contributed by atoms with E-state index in [-0.39, 0.29) is 0 Å². The molecule has 0 aromatic heterocycles. The largest absolute Gasteiger partial charge is 0.495 e. The molecule has 0 aromatic rings. The molecule has 0 N–H and O–H groups in total. The van der Waals surface area contributed by atoms with E-state index in [1.807, 2.05) is 0 Å². The molecular weight excluding hydrogens is 481 g/mol. The van der Waals surface area contributed by atoms with Crippen LogP contribution < -0.4 is 0 Å². The van der Waals surface area contributed by atoms with E-state index in [0.29, 0.717) is 0 Å². The Labute approximate surface area is 147 Å². The van der Waals surface area contributed by atoms with Crippen molar-refractivity contribution >= 4 is 23.2 Å². The van der Waals surface area contributed by atoms with Gasteiger partial charge in [-0.25, -0.2) is 9.47 Å². The summed E-state index contributed by atoms with van der Waals surface area (Å²) in [7, 11) is 0. The molecule has 0 bridgehead atoms. The minimum Gasteiger partial charge on any atom is -0.410 e. The second-order valence-corrected chi connectivity index (χ2v) is 4.60. The van der Waals surface area contributed by atoms with E-state index in [2.05, 4.69) is 27.9 Å². The van der Waals surface area contributed by atoms with Crippen LogP contribution in [0.15, 0.2) is 10.5 Å². The normalized spacial score (nSPS) is 16.3. The Hall–Kier alpha value is -0.940. The molecule has 19 heteroatoms. The number of halogens is 16. The van der Waals surface area contributed by atoms with Gasteiger partial charge in [-0.2, -0.15) is 61.5 Å².